The highest BCUT2D eigenvalue weighted by molar-refractivity contribution is 6.05. The Bertz CT molecular complexity index is 747. The van der Waals surface area contributed by atoms with Crippen molar-refractivity contribution < 1.29 is 9.21 Å². The number of hydrogen-bond acceptors (Lipinski definition) is 4. The summed E-state index contributed by atoms with van der Waals surface area (Å²) >= 11 is 0. The highest BCUT2D eigenvalue weighted by Crippen LogP contribution is 2.26. The molecule has 106 valence electrons. The molecule has 0 bridgehead atoms. The topological polar surface area (TPSA) is 73.0 Å². The van der Waals surface area contributed by atoms with Gasteiger partial charge in [0.05, 0.1) is 17.5 Å². The fourth-order valence-corrected chi connectivity index (χ4v) is 2.07. The van der Waals surface area contributed by atoms with Crippen molar-refractivity contribution in [2.24, 2.45) is 0 Å². The molecule has 0 spiro atoms. The molecule has 0 fully saturated rings. The van der Waals surface area contributed by atoms with E-state index >= 15 is 0 Å². The van der Waals surface area contributed by atoms with Gasteiger partial charge in [0, 0.05) is 12.1 Å². The summed E-state index contributed by atoms with van der Waals surface area (Å²) in [5.41, 5.74) is 1.99. The molecule has 2 heterocycles. The van der Waals surface area contributed by atoms with Crippen LogP contribution in [0.15, 0.2) is 53.6 Å². The van der Waals surface area contributed by atoms with Crippen molar-refractivity contribution >= 4 is 11.6 Å². The Labute approximate surface area is 121 Å². The van der Waals surface area contributed by atoms with Gasteiger partial charge in [0.15, 0.2) is 5.82 Å². The normalized spacial score (nSPS) is 10.5. The third kappa shape index (κ3) is 2.55. The van der Waals surface area contributed by atoms with Crippen LogP contribution in [0.1, 0.15) is 17.3 Å². The van der Waals surface area contributed by atoms with Crippen LogP contribution in [0.5, 0.6) is 0 Å². The first-order valence-electron chi connectivity index (χ1n) is 6.60. The van der Waals surface area contributed by atoms with Gasteiger partial charge in [0.2, 0.25) is 0 Å². The lowest BCUT2D eigenvalue weighted by Gasteiger charge is -2.10. The summed E-state index contributed by atoms with van der Waals surface area (Å²) < 4.78 is 6.84. The summed E-state index contributed by atoms with van der Waals surface area (Å²) in [6.45, 7) is 2.77. The Morgan fingerprint density at radius 2 is 2.19 bits per heavy atom. The SMILES string of the molecule is CCn1cnnc1-c1ccccc1NC(=O)c1ccoc1. The number of furan rings is 1. The maximum atomic E-state index is 12.1. The molecular formula is C15H14N4O2. The molecule has 0 aliphatic carbocycles. The second-order valence-corrected chi connectivity index (χ2v) is 4.45. The summed E-state index contributed by atoms with van der Waals surface area (Å²) in [7, 11) is 0. The maximum Gasteiger partial charge on any atom is 0.258 e. The van der Waals surface area contributed by atoms with Crippen molar-refractivity contribution in [3.63, 3.8) is 0 Å². The lowest BCUT2D eigenvalue weighted by atomic mass is 10.1. The highest BCUT2D eigenvalue weighted by atomic mass is 16.3. The van der Waals surface area contributed by atoms with Crippen molar-refractivity contribution in [1.29, 1.82) is 0 Å². The number of carbonyl (C=O) groups is 1. The predicted octanol–water partition coefficient (Wildman–Crippen LogP) is 2.81. The van der Waals surface area contributed by atoms with Crippen molar-refractivity contribution in [2.75, 3.05) is 5.32 Å². The largest absolute Gasteiger partial charge is 0.472 e. The quantitative estimate of drug-likeness (QED) is 0.798. The lowest BCUT2D eigenvalue weighted by Crippen LogP contribution is -2.12. The van der Waals surface area contributed by atoms with Crippen LogP contribution >= 0.6 is 0 Å². The smallest absolute Gasteiger partial charge is 0.258 e. The predicted molar refractivity (Wildman–Crippen MR) is 77.8 cm³/mol. The standard InChI is InChI=1S/C15H14N4O2/c1-2-19-10-16-18-14(19)12-5-3-4-6-13(12)17-15(20)11-7-8-21-9-11/h3-10H,2H2,1H3,(H,17,20). The Morgan fingerprint density at radius 1 is 1.33 bits per heavy atom. The van der Waals surface area contributed by atoms with Gasteiger partial charge in [-0.3, -0.25) is 4.79 Å². The van der Waals surface area contributed by atoms with E-state index < -0.39 is 0 Å². The third-order valence-corrected chi connectivity index (χ3v) is 3.16. The van der Waals surface area contributed by atoms with Crippen LogP contribution in [0.3, 0.4) is 0 Å². The number of nitrogens with one attached hydrogen (secondary N) is 1. The van der Waals surface area contributed by atoms with Gasteiger partial charge >= 0.3 is 0 Å². The van der Waals surface area contributed by atoms with Gasteiger partial charge in [-0.05, 0) is 25.1 Å². The van der Waals surface area contributed by atoms with Gasteiger partial charge in [0.25, 0.3) is 5.91 Å². The molecule has 0 saturated heterocycles. The molecule has 1 amide bonds. The zero-order valence-electron chi connectivity index (χ0n) is 11.5. The number of rotatable bonds is 4. The second kappa shape index (κ2) is 5.62. The van der Waals surface area contributed by atoms with Crippen molar-refractivity contribution in [1.82, 2.24) is 14.8 Å². The van der Waals surface area contributed by atoms with E-state index in [9.17, 15) is 4.79 Å². The van der Waals surface area contributed by atoms with E-state index in [-0.39, 0.29) is 5.91 Å². The van der Waals surface area contributed by atoms with Crippen LogP contribution in [0, 0.1) is 0 Å². The first-order valence-corrected chi connectivity index (χ1v) is 6.60. The second-order valence-electron chi connectivity index (χ2n) is 4.45. The number of carbonyl (C=O) groups excluding carboxylic acids is 1. The minimum atomic E-state index is -0.223. The molecule has 0 saturated carbocycles. The Morgan fingerprint density at radius 3 is 2.95 bits per heavy atom. The van der Waals surface area contributed by atoms with Gasteiger partial charge in [-0.2, -0.15) is 0 Å². The minimum Gasteiger partial charge on any atom is -0.472 e. The van der Waals surface area contributed by atoms with E-state index in [1.165, 1.54) is 12.5 Å². The molecule has 3 aromatic rings. The monoisotopic (exact) mass is 282 g/mol. The number of aryl methyl sites for hydroxylation is 1. The molecule has 0 aliphatic heterocycles. The van der Waals surface area contributed by atoms with Gasteiger partial charge in [-0.25, -0.2) is 0 Å². The highest BCUT2D eigenvalue weighted by Gasteiger charge is 2.14. The Balaban J connectivity index is 1.95. The van der Waals surface area contributed by atoms with E-state index in [0.29, 0.717) is 11.3 Å². The van der Waals surface area contributed by atoms with Gasteiger partial charge < -0.3 is 14.3 Å². The molecule has 0 radical (unpaired) electrons. The molecule has 0 unspecified atom stereocenters. The number of benzene rings is 1. The van der Waals surface area contributed by atoms with E-state index in [4.69, 9.17) is 4.42 Å². The van der Waals surface area contributed by atoms with Crippen LogP contribution in [0.25, 0.3) is 11.4 Å². The van der Waals surface area contributed by atoms with E-state index in [1.807, 2.05) is 35.8 Å². The van der Waals surface area contributed by atoms with Gasteiger partial charge in [-0.15, -0.1) is 10.2 Å². The molecule has 21 heavy (non-hydrogen) atoms. The summed E-state index contributed by atoms with van der Waals surface area (Å²) in [6.07, 6.45) is 4.55. The molecule has 6 heteroatoms. The molecule has 3 rings (SSSR count). The fraction of sp³-hybridized carbons (Fsp3) is 0.133. The van der Waals surface area contributed by atoms with E-state index in [0.717, 1.165) is 17.9 Å². The Kier molecular flexibility index (Phi) is 3.51. The molecule has 0 atom stereocenters. The lowest BCUT2D eigenvalue weighted by molar-refractivity contribution is 0.102. The molecule has 1 aromatic carbocycles. The fourth-order valence-electron chi connectivity index (χ4n) is 2.07. The van der Waals surface area contributed by atoms with Gasteiger partial charge in [0.1, 0.15) is 12.6 Å². The number of nitrogens with zero attached hydrogens (tertiary/aromatic N) is 3. The van der Waals surface area contributed by atoms with Crippen LogP contribution in [0.2, 0.25) is 0 Å². The number of aromatic nitrogens is 3. The van der Waals surface area contributed by atoms with Crippen molar-refractivity contribution in [3.05, 3.63) is 54.7 Å². The third-order valence-electron chi connectivity index (χ3n) is 3.16. The van der Waals surface area contributed by atoms with Crippen LogP contribution in [0.4, 0.5) is 5.69 Å². The summed E-state index contributed by atoms with van der Waals surface area (Å²) in [5, 5.41) is 10.9. The van der Waals surface area contributed by atoms with E-state index in [2.05, 4.69) is 15.5 Å². The van der Waals surface area contributed by atoms with Crippen LogP contribution < -0.4 is 5.32 Å². The van der Waals surface area contributed by atoms with Crippen molar-refractivity contribution in [3.8, 4) is 11.4 Å². The van der Waals surface area contributed by atoms with Crippen LogP contribution in [-0.2, 0) is 6.54 Å². The molecule has 6 nitrogen and oxygen atoms in total. The van der Waals surface area contributed by atoms with Crippen molar-refractivity contribution in [2.45, 2.75) is 13.5 Å². The first kappa shape index (κ1) is 13.1. The average molecular weight is 282 g/mol. The Hall–Kier alpha value is -2.89. The summed E-state index contributed by atoms with van der Waals surface area (Å²) in [4.78, 5) is 12.1. The van der Waals surface area contributed by atoms with Crippen LogP contribution in [-0.4, -0.2) is 20.7 Å². The zero-order chi connectivity index (χ0) is 14.7. The number of amides is 1. The number of hydrogen-bond donors (Lipinski definition) is 1. The number of para-hydroxylation sites is 1. The number of anilines is 1. The molecule has 0 aliphatic rings. The average Bonchev–Trinajstić information content (AvgIpc) is 3.19. The zero-order valence-corrected chi connectivity index (χ0v) is 11.5. The maximum absolute atomic E-state index is 12.1. The molecule has 1 N–H and O–H groups in total. The minimum absolute atomic E-state index is 0.223. The molecular weight excluding hydrogens is 268 g/mol. The first-order chi connectivity index (χ1) is 10.3. The summed E-state index contributed by atoms with van der Waals surface area (Å²) in [5.74, 6) is 0.499. The van der Waals surface area contributed by atoms with E-state index in [1.54, 1.807) is 12.4 Å². The molecule has 2 aromatic heterocycles. The summed E-state index contributed by atoms with van der Waals surface area (Å²) in [6, 6.07) is 9.12. The van der Waals surface area contributed by atoms with Gasteiger partial charge in [-0.1, -0.05) is 12.1 Å².